The van der Waals surface area contributed by atoms with E-state index < -0.39 is 0 Å². The van der Waals surface area contributed by atoms with E-state index in [9.17, 15) is 4.79 Å². The molecule has 0 atom stereocenters. The minimum atomic E-state index is -0.251. The minimum Gasteiger partial charge on any atom is -0.493 e. The maximum Gasteiger partial charge on any atom is 0.257 e. The molecule has 6 nitrogen and oxygen atoms in total. The molecule has 0 aliphatic heterocycles. The van der Waals surface area contributed by atoms with Gasteiger partial charge in [-0.05, 0) is 48.4 Å². The molecule has 1 heterocycles. The summed E-state index contributed by atoms with van der Waals surface area (Å²) >= 11 is 0. The molecule has 0 radical (unpaired) electrons. The Hall–Kier alpha value is -3.54. The Bertz CT molecular complexity index is 938. The van der Waals surface area contributed by atoms with Crippen LogP contribution in [-0.2, 0) is 6.42 Å². The first-order valence-corrected chi connectivity index (χ1v) is 8.98. The molecule has 0 saturated heterocycles. The van der Waals surface area contributed by atoms with Gasteiger partial charge in [0.1, 0.15) is 5.82 Å². The van der Waals surface area contributed by atoms with E-state index in [0.717, 1.165) is 12.1 Å². The predicted molar refractivity (Wildman–Crippen MR) is 111 cm³/mol. The summed E-state index contributed by atoms with van der Waals surface area (Å²) in [4.78, 5) is 16.8. The third-order valence-electron chi connectivity index (χ3n) is 4.30. The van der Waals surface area contributed by atoms with Crippen molar-refractivity contribution in [3.8, 4) is 11.5 Å². The lowest BCUT2D eigenvalue weighted by Gasteiger charge is -2.11. The highest BCUT2D eigenvalue weighted by Gasteiger charge is 2.10. The van der Waals surface area contributed by atoms with Crippen LogP contribution in [0.1, 0.15) is 22.8 Å². The molecule has 0 spiro atoms. The molecule has 2 aromatic carbocycles. The Balaban J connectivity index is 1.66. The number of hydrogen-bond acceptors (Lipinski definition) is 5. The van der Waals surface area contributed by atoms with Crippen molar-refractivity contribution in [2.45, 2.75) is 13.3 Å². The number of carbonyl (C=O) groups is 1. The number of amides is 1. The lowest BCUT2D eigenvalue weighted by Crippen LogP contribution is -2.12. The van der Waals surface area contributed by atoms with Gasteiger partial charge < -0.3 is 20.1 Å². The van der Waals surface area contributed by atoms with Gasteiger partial charge >= 0.3 is 0 Å². The number of ether oxygens (including phenoxy) is 2. The first kappa shape index (κ1) is 19.2. The summed E-state index contributed by atoms with van der Waals surface area (Å²) < 4.78 is 10.5. The van der Waals surface area contributed by atoms with E-state index in [0.29, 0.717) is 28.6 Å². The highest BCUT2D eigenvalue weighted by Crippen LogP contribution is 2.30. The zero-order chi connectivity index (χ0) is 19.9. The van der Waals surface area contributed by atoms with Gasteiger partial charge in [0.2, 0.25) is 0 Å². The molecule has 28 heavy (non-hydrogen) atoms. The number of rotatable bonds is 7. The molecule has 0 saturated carbocycles. The quantitative estimate of drug-likeness (QED) is 0.627. The van der Waals surface area contributed by atoms with Crippen molar-refractivity contribution < 1.29 is 14.3 Å². The first-order valence-electron chi connectivity index (χ1n) is 8.98. The van der Waals surface area contributed by atoms with E-state index in [1.54, 1.807) is 50.7 Å². The Morgan fingerprint density at radius 3 is 2.25 bits per heavy atom. The summed E-state index contributed by atoms with van der Waals surface area (Å²) in [6, 6.07) is 16.9. The molecule has 1 amide bonds. The fourth-order valence-corrected chi connectivity index (χ4v) is 2.69. The number of nitrogens with zero attached hydrogens (tertiary/aromatic N) is 1. The Labute approximate surface area is 164 Å². The summed E-state index contributed by atoms with van der Waals surface area (Å²) in [6.07, 6.45) is 2.54. The fourth-order valence-electron chi connectivity index (χ4n) is 2.69. The normalized spacial score (nSPS) is 10.2. The van der Waals surface area contributed by atoms with Crippen molar-refractivity contribution >= 4 is 23.1 Å². The molecule has 144 valence electrons. The van der Waals surface area contributed by atoms with E-state index in [1.807, 2.05) is 12.1 Å². The first-order chi connectivity index (χ1) is 13.6. The van der Waals surface area contributed by atoms with Crippen LogP contribution < -0.4 is 20.1 Å². The van der Waals surface area contributed by atoms with E-state index >= 15 is 0 Å². The summed E-state index contributed by atoms with van der Waals surface area (Å²) in [5.41, 5.74) is 3.30. The van der Waals surface area contributed by atoms with Crippen molar-refractivity contribution in [3.05, 3.63) is 71.9 Å². The number of anilines is 3. The molecule has 0 fully saturated rings. The van der Waals surface area contributed by atoms with Gasteiger partial charge in [-0.2, -0.15) is 0 Å². The summed E-state index contributed by atoms with van der Waals surface area (Å²) in [7, 11) is 3.12. The molecule has 0 bridgehead atoms. The topological polar surface area (TPSA) is 72.5 Å². The van der Waals surface area contributed by atoms with Gasteiger partial charge in [-0.3, -0.25) is 4.79 Å². The maximum atomic E-state index is 12.5. The smallest absolute Gasteiger partial charge is 0.257 e. The molecule has 0 aliphatic carbocycles. The molecule has 3 aromatic rings. The number of nitrogens with one attached hydrogen (secondary N) is 2. The van der Waals surface area contributed by atoms with Crippen LogP contribution in [0.3, 0.4) is 0 Å². The molecule has 1 aromatic heterocycles. The standard InChI is InChI=1S/C22H23N3O3/c1-4-15-5-8-17(9-6-15)24-21-12-7-16(14-23-21)22(26)25-18-10-11-19(27-2)20(13-18)28-3/h5-14H,4H2,1-3H3,(H,23,24)(H,25,26). The third-order valence-corrected chi connectivity index (χ3v) is 4.30. The van der Waals surface area contributed by atoms with Crippen LogP contribution in [0.4, 0.5) is 17.2 Å². The fraction of sp³-hybridized carbons (Fsp3) is 0.182. The lowest BCUT2D eigenvalue weighted by molar-refractivity contribution is 0.102. The van der Waals surface area contributed by atoms with Gasteiger partial charge in [0, 0.05) is 23.6 Å². The van der Waals surface area contributed by atoms with Gasteiger partial charge in [-0.25, -0.2) is 4.98 Å². The van der Waals surface area contributed by atoms with Crippen molar-refractivity contribution in [1.29, 1.82) is 0 Å². The number of hydrogen-bond donors (Lipinski definition) is 2. The monoisotopic (exact) mass is 377 g/mol. The number of carbonyl (C=O) groups excluding carboxylic acids is 1. The minimum absolute atomic E-state index is 0.251. The van der Waals surface area contributed by atoms with Gasteiger partial charge in [0.15, 0.2) is 11.5 Å². The van der Waals surface area contributed by atoms with Crippen LogP contribution in [0.2, 0.25) is 0 Å². The molecule has 2 N–H and O–H groups in total. The van der Waals surface area contributed by atoms with Crippen LogP contribution in [0.15, 0.2) is 60.8 Å². The highest BCUT2D eigenvalue weighted by atomic mass is 16.5. The average Bonchev–Trinajstić information content (AvgIpc) is 2.74. The van der Waals surface area contributed by atoms with Crippen LogP contribution in [0.25, 0.3) is 0 Å². The highest BCUT2D eigenvalue weighted by molar-refractivity contribution is 6.04. The number of methoxy groups -OCH3 is 2. The van der Waals surface area contributed by atoms with Crippen molar-refractivity contribution in [2.75, 3.05) is 24.9 Å². The number of pyridine rings is 1. The van der Waals surface area contributed by atoms with Crippen LogP contribution in [0, 0.1) is 0 Å². The van der Waals surface area contributed by atoms with Crippen molar-refractivity contribution in [2.24, 2.45) is 0 Å². The molecule has 0 aliphatic rings. The number of aromatic nitrogens is 1. The molecule has 3 rings (SSSR count). The SMILES string of the molecule is CCc1ccc(Nc2ccc(C(=O)Nc3ccc(OC)c(OC)c3)cn2)cc1. The van der Waals surface area contributed by atoms with Crippen LogP contribution >= 0.6 is 0 Å². The summed E-state index contributed by atoms with van der Waals surface area (Å²) in [5.74, 6) is 1.57. The zero-order valence-electron chi connectivity index (χ0n) is 16.2. The molecule has 6 heteroatoms. The molecular formula is C22H23N3O3. The second-order valence-corrected chi connectivity index (χ2v) is 6.13. The van der Waals surface area contributed by atoms with Gasteiger partial charge in [0.25, 0.3) is 5.91 Å². The third kappa shape index (κ3) is 4.59. The Morgan fingerprint density at radius 2 is 1.64 bits per heavy atom. The maximum absolute atomic E-state index is 12.5. The Kier molecular flexibility index (Phi) is 6.11. The van der Waals surface area contributed by atoms with Crippen LogP contribution in [0.5, 0.6) is 11.5 Å². The van der Waals surface area contributed by atoms with Gasteiger partial charge in [-0.1, -0.05) is 19.1 Å². The van der Waals surface area contributed by atoms with Crippen LogP contribution in [-0.4, -0.2) is 25.1 Å². The second-order valence-electron chi connectivity index (χ2n) is 6.13. The van der Waals surface area contributed by atoms with E-state index in [1.165, 1.54) is 5.56 Å². The molecule has 0 unspecified atom stereocenters. The summed E-state index contributed by atoms with van der Waals surface area (Å²) in [6.45, 7) is 2.12. The number of aryl methyl sites for hydroxylation is 1. The molecular weight excluding hydrogens is 354 g/mol. The second kappa shape index (κ2) is 8.90. The predicted octanol–water partition coefficient (Wildman–Crippen LogP) is 4.66. The van der Waals surface area contributed by atoms with Gasteiger partial charge in [0.05, 0.1) is 19.8 Å². The Morgan fingerprint density at radius 1 is 0.929 bits per heavy atom. The summed E-state index contributed by atoms with van der Waals surface area (Å²) in [5, 5.41) is 6.06. The average molecular weight is 377 g/mol. The number of benzene rings is 2. The van der Waals surface area contributed by atoms with Crippen molar-refractivity contribution in [1.82, 2.24) is 4.98 Å². The lowest BCUT2D eigenvalue weighted by atomic mass is 10.1. The largest absolute Gasteiger partial charge is 0.493 e. The van der Waals surface area contributed by atoms with E-state index in [4.69, 9.17) is 9.47 Å². The van der Waals surface area contributed by atoms with E-state index in [-0.39, 0.29) is 5.91 Å². The van der Waals surface area contributed by atoms with Gasteiger partial charge in [-0.15, -0.1) is 0 Å². The zero-order valence-corrected chi connectivity index (χ0v) is 16.2. The van der Waals surface area contributed by atoms with E-state index in [2.05, 4.69) is 34.7 Å². The van der Waals surface area contributed by atoms with Crippen molar-refractivity contribution in [3.63, 3.8) is 0 Å².